The smallest absolute Gasteiger partial charge is 0.192 e. The highest BCUT2D eigenvalue weighted by atomic mass is 127. The number of para-hydroxylation sites is 1. The van der Waals surface area contributed by atoms with Crippen LogP contribution < -0.4 is 15.4 Å². The molecule has 2 aromatic rings. The van der Waals surface area contributed by atoms with Crippen LogP contribution in [0.4, 0.5) is 0 Å². The van der Waals surface area contributed by atoms with Crippen LogP contribution in [0.15, 0.2) is 29.3 Å². The molecular weight excluding hydrogens is 465 g/mol. The molecule has 1 aliphatic heterocycles. The molecule has 3 rings (SSSR count). The SMILES string of the molecule is CCNC(=NCc1c(C)nn(C)c1C)NC1CC(C)(C)Oc2ccccc21.I. The lowest BCUT2D eigenvalue weighted by Crippen LogP contribution is -2.45. The third-order valence-corrected chi connectivity index (χ3v) is 5.09. The maximum atomic E-state index is 6.14. The Morgan fingerprint density at radius 1 is 1.32 bits per heavy atom. The van der Waals surface area contributed by atoms with E-state index < -0.39 is 0 Å². The van der Waals surface area contributed by atoms with Crippen LogP contribution in [0.25, 0.3) is 0 Å². The molecule has 0 saturated heterocycles. The van der Waals surface area contributed by atoms with Crippen molar-refractivity contribution in [2.75, 3.05) is 6.54 Å². The molecule has 1 aromatic heterocycles. The molecule has 2 heterocycles. The van der Waals surface area contributed by atoms with Crippen molar-refractivity contribution in [3.63, 3.8) is 0 Å². The molecule has 1 aromatic carbocycles. The molecule has 0 radical (unpaired) electrons. The number of guanidine groups is 1. The first-order valence-corrected chi connectivity index (χ1v) is 9.62. The van der Waals surface area contributed by atoms with Crippen molar-refractivity contribution in [2.24, 2.45) is 12.0 Å². The second kappa shape index (κ2) is 9.15. The lowest BCUT2D eigenvalue weighted by molar-refractivity contribution is 0.0694. The van der Waals surface area contributed by atoms with E-state index in [0.717, 1.165) is 36.1 Å². The summed E-state index contributed by atoms with van der Waals surface area (Å²) in [6.07, 6.45) is 0.874. The fourth-order valence-corrected chi connectivity index (χ4v) is 3.62. The van der Waals surface area contributed by atoms with Gasteiger partial charge in [0.1, 0.15) is 11.4 Å². The first-order valence-electron chi connectivity index (χ1n) is 9.62. The number of rotatable bonds is 4. The van der Waals surface area contributed by atoms with Crippen LogP contribution in [0, 0.1) is 13.8 Å². The van der Waals surface area contributed by atoms with Crippen molar-refractivity contribution in [3.8, 4) is 5.75 Å². The Morgan fingerprint density at radius 2 is 2.04 bits per heavy atom. The number of nitrogens with one attached hydrogen (secondary N) is 2. The van der Waals surface area contributed by atoms with Crippen LogP contribution in [0.3, 0.4) is 0 Å². The maximum absolute atomic E-state index is 6.14. The number of fused-ring (bicyclic) bond motifs is 1. The van der Waals surface area contributed by atoms with E-state index in [4.69, 9.17) is 9.73 Å². The summed E-state index contributed by atoms with van der Waals surface area (Å²) in [5.41, 5.74) is 4.33. The van der Waals surface area contributed by atoms with E-state index in [2.05, 4.69) is 55.6 Å². The summed E-state index contributed by atoms with van der Waals surface area (Å²) >= 11 is 0. The van der Waals surface area contributed by atoms with Gasteiger partial charge in [-0.25, -0.2) is 4.99 Å². The number of aryl methyl sites for hydroxylation is 2. The quantitative estimate of drug-likeness (QED) is 0.381. The second-order valence-electron chi connectivity index (χ2n) is 7.77. The van der Waals surface area contributed by atoms with E-state index in [0.29, 0.717) is 6.54 Å². The summed E-state index contributed by atoms with van der Waals surface area (Å²) in [4.78, 5) is 4.83. The maximum Gasteiger partial charge on any atom is 0.192 e. The standard InChI is InChI=1S/C21H31N5O.HI/c1-7-22-20(23-13-17-14(2)25-26(6)15(17)3)24-18-12-21(4,5)27-19-11-9-8-10-16(18)19;/h8-11,18H,7,12-13H2,1-6H3,(H2,22,23,24);1H. The monoisotopic (exact) mass is 497 g/mol. The van der Waals surface area contributed by atoms with Gasteiger partial charge >= 0.3 is 0 Å². The normalized spacial score (nSPS) is 17.9. The molecule has 28 heavy (non-hydrogen) atoms. The topological polar surface area (TPSA) is 63.5 Å². The average molecular weight is 497 g/mol. The van der Waals surface area contributed by atoms with Gasteiger partial charge in [0.2, 0.25) is 0 Å². The fourth-order valence-electron chi connectivity index (χ4n) is 3.62. The van der Waals surface area contributed by atoms with Crippen molar-refractivity contribution in [1.82, 2.24) is 20.4 Å². The summed E-state index contributed by atoms with van der Waals surface area (Å²) < 4.78 is 8.06. The second-order valence-corrected chi connectivity index (χ2v) is 7.77. The van der Waals surface area contributed by atoms with Crippen molar-refractivity contribution in [1.29, 1.82) is 0 Å². The van der Waals surface area contributed by atoms with E-state index in [1.54, 1.807) is 0 Å². The van der Waals surface area contributed by atoms with E-state index in [1.165, 1.54) is 11.1 Å². The zero-order valence-corrected chi connectivity index (χ0v) is 20.0. The molecule has 0 aliphatic carbocycles. The number of nitrogens with zero attached hydrogens (tertiary/aromatic N) is 3. The average Bonchev–Trinajstić information content (AvgIpc) is 2.84. The van der Waals surface area contributed by atoms with Gasteiger partial charge in [0.25, 0.3) is 0 Å². The highest BCUT2D eigenvalue weighted by Crippen LogP contribution is 2.39. The number of hydrogen-bond acceptors (Lipinski definition) is 3. The van der Waals surface area contributed by atoms with Gasteiger partial charge in [-0.05, 0) is 40.7 Å². The van der Waals surface area contributed by atoms with Gasteiger partial charge in [-0.2, -0.15) is 5.10 Å². The Labute approximate surface area is 185 Å². The van der Waals surface area contributed by atoms with E-state index in [9.17, 15) is 0 Å². The lowest BCUT2D eigenvalue weighted by atomic mass is 9.90. The van der Waals surface area contributed by atoms with Crippen LogP contribution >= 0.6 is 24.0 Å². The molecule has 0 bridgehead atoms. The van der Waals surface area contributed by atoms with Crippen LogP contribution in [-0.4, -0.2) is 27.9 Å². The molecule has 1 unspecified atom stereocenters. The highest BCUT2D eigenvalue weighted by Gasteiger charge is 2.33. The number of halogens is 1. The number of ether oxygens (including phenoxy) is 1. The van der Waals surface area contributed by atoms with Gasteiger partial charge in [0.15, 0.2) is 5.96 Å². The van der Waals surface area contributed by atoms with Gasteiger partial charge in [-0.1, -0.05) is 18.2 Å². The summed E-state index contributed by atoms with van der Waals surface area (Å²) in [6, 6.07) is 8.39. The fraction of sp³-hybridized carbons (Fsp3) is 0.524. The summed E-state index contributed by atoms with van der Waals surface area (Å²) in [6.45, 7) is 11.9. The summed E-state index contributed by atoms with van der Waals surface area (Å²) in [5, 5.41) is 11.5. The van der Waals surface area contributed by atoms with Crippen LogP contribution in [0.1, 0.15) is 55.7 Å². The molecule has 1 atom stereocenters. The van der Waals surface area contributed by atoms with Gasteiger partial charge in [-0.3, -0.25) is 4.68 Å². The van der Waals surface area contributed by atoms with Crippen LogP contribution in [0.2, 0.25) is 0 Å². The largest absolute Gasteiger partial charge is 0.487 e. The minimum atomic E-state index is -0.222. The van der Waals surface area contributed by atoms with Gasteiger partial charge in [0, 0.05) is 36.8 Å². The number of benzene rings is 1. The molecule has 6 nitrogen and oxygen atoms in total. The van der Waals surface area contributed by atoms with Gasteiger partial charge in [-0.15, -0.1) is 24.0 Å². The third kappa shape index (κ3) is 4.98. The van der Waals surface area contributed by atoms with Crippen molar-refractivity contribution >= 4 is 29.9 Å². The number of aliphatic imine (C=N–C) groups is 1. The number of hydrogen-bond donors (Lipinski definition) is 2. The molecule has 7 heteroatoms. The van der Waals surface area contributed by atoms with Crippen LogP contribution in [-0.2, 0) is 13.6 Å². The minimum Gasteiger partial charge on any atom is -0.487 e. The van der Waals surface area contributed by atoms with E-state index in [1.807, 2.05) is 30.8 Å². The lowest BCUT2D eigenvalue weighted by Gasteiger charge is -2.38. The molecular formula is C21H32IN5O. The Kier molecular flexibility index (Phi) is 7.36. The molecule has 154 valence electrons. The molecule has 0 saturated carbocycles. The van der Waals surface area contributed by atoms with Crippen LogP contribution in [0.5, 0.6) is 5.75 Å². The number of aromatic nitrogens is 2. The Hall–Kier alpha value is -1.77. The summed E-state index contributed by atoms with van der Waals surface area (Å²) in [7, 11) is 1.97. The Balaban J connectivity index is 0.00000280. The third-order valence-electron chi connectivity index (χ3n) is 5.09. The molecule has 0 amide bonds. The van der Waals surface area contributed by atoms with Crippen molar-refractivity contribution in [3.05, 3.63) is 46.8 Å². The van der Waals surface area contributed by atoms with Crippen molar-refractivity contribution in [2.45, 2.75) is 59.2 Å². The highest BCUT2D eigenvalue weighted by molar-refractivity contribution is 14.0. The first kappa shape index (κ1) is 22.5. The Morgan fingerprint density at radius 3 is 2.68 bits per heavy atom. The summed E-state index contributed by atoms with van der Waals surface area (Å²) in [5.74, 6) is 1.76. The Bertz CT molecular complexity index is 843. The molecule has 1 aliphatic rings. The minimum absolute atomic E-state index is 0. The molecule has 2 N–H and O–H groups in total. The molecule has 0 fully saturated rings. The predicted octanol–water partition coefficient (Wildman–Crippen LogP) is 4.01. The molecule has 0 spiro atoms. The van der Waals surface area contributed by atoms with Gasteiger partial charge in [0.05, 0.1) is 18.3 Å². The zero-order chi connectivity index (χ0) is 19.6. The van der Waals surface area contributed by atoms with E-state index in [-0.39, 0.29) is 35.6 Å². The van der Waals surface area contributed by atoms with Gasteiger partial charge < -0.3 is 15.4 Å². The first-order chi connectivity index (χ1) is 12.8. The van der Waals surface area contributed by atoms with Crippen molar-refractivity contribution < 1.29 is 4.74 Å². The zero-order valence-electron chi connectivity index (χ0n) is 17.7. The van der Waals surface area contributed by atoms with E-state index >= 15 is 0 Å². The predicted molar refractivity (Wildman–Crippen MR) is 125 cm³/mol.